The van der Waals surface area contributed by atoms with Gasteiger partial charge >= 0.3 is 19.8 Å². The minimum Gasteiger partial charge on any atom is -0.462 e. The highest BCUT2D eigenvalue weighted by molar-refractivity contribution is 7.47. The molecule has 0 saturated carbocycles. The van der Waals surface area contributed by atoms with E-state index in [1.165, 1.54) is 244 Å². The van der Waals surface area contributed by atoms with E-state index in [-0.39, 0.29) is 38.6 Å². The number of phosphoric acid groups is 1. The molecule has 2 unspecified atom stereocenters. The normalized spacial score (nSPS) is 13.2. The van der Waals surface area contributed by atoms with Crippen molar-refractivity contribution in [2.45, 2.75) is 335 Å². The van der Waals surface area contributed by atoms with Crippen LogP contribution in [0.15, 0.2) is 36.5 Å². The van der Waals surface area contributed by atoms with Gasteiger partial charge in [-0.05, 0) is 51.4 Å². The van der Waals surface area contributed by atoms with Crippen molar-refractivity contribution >= 4 is 19.8 Å². The van der Waals surface area contributed by atoms with Gasteiger partial charge < -0.3 is 20.1 Å². The topological polar surface area (TPSA) is 134 Å². The first-order valence-electron chi connectivity index (χ1n) is 32.0. The van der Waals surface area contributed by atoms with Crippen LogP contribution in [0.25, 0.3) is 0 Å². The first-order valence-corrected chi connectivity index (χ1v) is 33.5. The number of hydrogen-bond acceptors (Lipinski definition) is 8. The minimum atomic E-state index is -4.39. The quantitative estimate of drug-likeness (QED) is 0.0264. The van der Waals surface area contributed by atoms with Gasteiger partial charge in [0, 0.05) is 19.4 Å². The summed E-state index contributed by atoms with van der Waals surface area (Å²) in [7, 11) is -4.39. The van der Waals surface area contributed by atoms with Crippen LogP contribution in [0.4, 0.5) is 0 Å². The lowest BCUT2D eigenvalue weighted by molar-refractivity contribution is -0.161. The van der Waals surface area contributed by atoms with Gasteiger partial charge in [-0.25, -0.2) is 4.57 Å². The molecule has 0 fully saturated rings. The Kier molecular flexibility index (Phi) is 59.0. The zero-order valence-corrected chi connectivity index (χ0v) is 49.7. The van der Waals surface area contributed by atoms with E-state index in [0.29, 0.717) is 6.42 Å². The van der Waals surface area contributed by atoms with Crippen LogP contribution >= 0.6 is 7.82 Å². The number of rotatable bonds is 61. The van der Waals surface area contributed by atoms with Gasteiger partial charge in [0.1, 0.15) is 6.61 Å². The molecule has 74 heavy (non-hydrogen) atoms. The van der Waals surface area contributed by atoms with E-state index in [1.54, 1.807) is 0 Å². The summed E-state index contributed by atoms with van der Waals surface area (Å²) in [5.74, 6) is -0.810. The van der Waals surface area contributed by atoms with Crippen LogP contribution < -0.4 is 5.73 Å². The minimum absolute atomic E-state index is 0.0552. The maximum absolute atomic E-state index is 12.7. The Balaban J connectivity index is 3.89. The number of carbonyl (C=O) groups excluding carboxylic acids is 2. The maximum atomic E-state index is 12.7. The van der Waals surface area contributed by atoms with Crippen LogP contribution in [-0.2, 0) is 32.7 Å². The molecule has 0 spiro atoms. The summed E-state index contributed by atoms with van der Waals surface area (Å²) in [6.07, 6.45) is 73.6. The van der Waals surface area contributed by atoms with E-state index in [2.05, 4.69) is 50.3 Å². The summed E-state index contributed by atoms with van der Waals surface area (Å²) in [5, 5.41) is 0. The van der Waals surface area contributed by atoms with E-state index in [4.69, 9.17) is 24.3 Å². The molecule has 0 aromatic carbocycles. The average Bonchev–Trinajstić information content (AvgIpc) is 3.39. The van der Waals surface area contributed by atoms with E-state index in [0.717, 1.165) is 51.4 Å². The second-order valence-corrected chi connectivity index (χ2v) is 23.1. The van der Waals surface area contributed by atoms with Gasteiger partial charge in [0.25, 0.3) is 0 Å². The van der Waals surface area contributed by atoms with Crippen molar-refractivity contribution in [2.75, 3.05) is 26.4 Å². The van der Waals surface area contributed by atoms with Crippen molar-refractivity contribution in [1.82, 2.24) is 0 Å². The van der Waals surface area contributed by atoms with Crippen LogP contribution in [0.3, 0.4) is 0 Å². The number of unbranched alkanes of at least 4 members (excludes halogenated alkanes) is 42. The highest BCUT2D eigenvalue weighted by Crippen LogP contribution is 2.43. The zero-order valence-electron chi connectivity index (χ0n) is 48.8. The van der Waals surface area contributed by atoms with Gasteiger partial charge in [-0.1, -0.05) is 301 Å². The molecule has 3 N–H and O–H groups in total. The molecule has 0 aromatic rings. The number of carbonyl (C=O) groups is 2. The fourth-order valence-electron chi connectivity index (χ4n) is 9.53. The summed E-state index contributed by atoms with van der Waals surface area (Å²) in [4.78, 5) is 35.3. The monoisotopic (exact) mass is 1060 g/mol. The number of phosphoric ester groups is 1. The summed E-state index contributed by atoms with van der Waals surface area (Å²) in [6, 6.07) is 0. The smallest absolute Gasteiger partial charge is 0.462 e. The van der Waals surface area contributed by atoms with Crippen LogP contribution in [0, 0.1) is 0 Å². The van der Waals surface area contributed by atoms with Gasteiger partial charge in [0.2, 0.25) is 0 Å². The highest BCUT2D eigenvalue weighted by atomic mass is 31.2. The molecule has 0 rings (SSSR count). The molecule has 10 heteroatoms. The second-order valence-electron chi connectivity index (χ2n) is 21.6. The van der Waals surface area contributed by atoms with Crippen molar-refractivity contribution in [3.05, 3.63) is 36.5 Å². The lowest BCUT2D eigenvalue weighted by atomic mass is 10.0. The van der Waals surface area contributed by atoms with Gasteiger partial charge in [-0.3, -0.25) is 18.6 Å². The van der Waals surface area contributed by atoms with Crippen molar-refractivity contribution in [2.24, 2.45) is 5.73 Å². The molecule has 0 heterocycles. The van der Waals surface area contributed by atoms with E-state index in [9.17, 15) is 19.0 Å². The fraction of sp³-hybridized carbons (Fsp3) is 0.875. The molecule has 0 aromatic heterocycles. The molecule has 2 atom stereocenters. The first-order chi connectivity index (χ1) is 36.3. The summed E-state index contributed by atoms with van der Waals surface area (Å²) < 4.78 is 33.1. The predicted octanol–water partition coefficient (Wildman–Crippen LogP) is 20.4. The van der Waals surface area contributed by atoms with Gasteiger partial charge in [-0.2, -0.15) is 0 Å². The number of esters is 2. The van der Waals surface area contributed by atoms with E-state index >= 15 is 0 Å². The van der Waals surface area contributed by atoms with E-state index < -0.39 is 26.5 Å². The molecule has 436 valence electrons. The Hall–Kier alpha value is -1.77. The number of nitrogens with two attached hydrogens (primary N) is 1. The summed E-state index contributed by atoms with van der Waals surface area (Å²) in [6.45, 7) is 3.80. The van der Waals surface area contributed by atoms with Gasteiger partial charge in [-0.15, -0.1) is 0 Å². The van der Waals surface area contributed by atoms with Crippen molar-refractivity contribution in [1.29, 1.82) is 0 Å². The lowest BCUT2D eigenvalue weighted by Crippen LogP contribution is -2.29. The first kappa shape index (κ1) is 72.2. The summed E-state index contributed by atoms with van der Waals surface area (Å²) >= 11 is 0. The van der Waals surface area contributed by atoms with Gasteiger partial charge in [0.05, 0.1) is 13.2 Å². The SMILES string of the molecule is CCCCCCC/C=C\C/C=C\C/C=C\CCCCCCCCCCCCCCCCC(=O)OC(COC(=O)CCCCCCCCCCCCCCCCCCCCCCCCCC)COP(=O)(O)OCCN. The molecule has 0 amide bonds. The Morgan fingerprint density at radius 2 is 0.703 bits per heavy atom. The van der Waals surface area contributed by atoms with Crippen LogP contribution in [0.1, 0.15) is 328 Å². The summed E-state index contributed by atoms with van der Waals surface area (Å²) in [5.41, 5.74) is 5.39. The number of hydrogen-bond donors (Lipinski definition) is 2. The molecular weight excluding hydrogens is 942 g/mol. The third-order valence-electron chi connectivity index (χ3n) is 14.3. The largest absolute Gasteiger partial charge is 0.472 e. The highest BCUT2D eigenvalue weighted by Gasteiger charge is 2.26. The van der Waals surface area contributed by atoms with Crippen molar-refractivity contribution < 1.29 is 37.6 Å². The molecule has 9 nitrogen and oxygen atoms in total. The standard InChI is InChI=1S/C64H122NO8P/c1-3-5-7-9-11-13-15-17-19-21-23-25-27-29-30-31-32-33-35-37-39-41-43-45-47-49-51-53-55-57-64(67)73-62(61-72-74(68,69)71-59-58-65)60-70-63(66)56-54-52-50-48-46-44-42-40-38-36-34-28-26-24-22-20-18-16-14-12-10-8-6-4-2/h15,17,21,23,27,29,62H,3-14,16,18-20,22,24-26,28,30-61,65H2,1-2H3,(H,68,69)/b17-15-,23-21-,29-27-. The molecule has 0 radical (unpaired) electrons. The van der Waals surface area contributed by atoms with Crippen molar-refractivity contribution in [3.8, 4) is 0 Å². The number of ether oxygens (including phenoxy) is 2. The van der Waals surface area contributed by atoms with Gasteiger partial charge in [0.15, 0.2) is 6.10 Å². The van der Waals surface area contributed by atoms with E-state index in [1.807, 2.05) is 0 Å². The Morgan fingerprint density at radius 1 is 0.405 bits per heavy atom. The van der Waals surface area contributed by atoms with Crippen molar-refractivity contribution in [3.63, 3.8) is 0 Å². The maximum Gasteiger partial charge on any atom is 0.472 e. The molecule has 0 saturated heterocycles. The zero-order chi connectivity index (χ0) is 53.8. The fourth-order valence-corrected chi connectivity index (χ4v) is 10.3. The second kappa shape index (κ2) is 60.5. The van der Waals surface area contributed by atoms with Crippen LogP contribution in [-0.4, -0.2) is 49.3 Å². The Bertz CT molecular complexity index is 1310. The lowest BCUT2D eigenvalue weighted by Gasteiger charge is -2.19. The molecule has 0 aliphatic carbocycles. The average molecular weight is 1060 g/mol. The third kappa shape index (κ3) is 59.5. The molecule has 0 aliphatic heterocycles. The number of allylic oxidation sites excluding steroid dienone is 6. The Morgan fingerprint density at radius 3 is 1.04 bits per heavy atom. The molecule has 0 bridgehead atoms. The molecular formula is C64H122NO8P. The van der Waals surface area contributed by atoms with Crippen LogP contribution in [0.2, 0.25) is 0 Å². The predicted molar refractivity (Wildman–Crippen MR) is 317 cm³/mol. The molecule has 0 aliphatic rings. The third-order valence-corrected chi connectivity index (χ3v) is 15.3. The Labute approximate surface area is 458 Å². The van der Waals surface area contributed by atoms with Crippen LogP contribution in [0.5, 0.6) is 0 Å².